The third kappa shape index (κ3) is 18.5. The van der Waals surface area contributed by atoms with E-state index < -0.39 is 0 Å². The van der Waals surface area contributed by atoms with Crippen molar-refractivity contribution >= 4 is 0 Å². The predicted molar refractivity (Wildman–Crippen MR) is 79.8 cm³/mol. The zero-order chi connectivity index (χ0) is 12.5. The van der Waals surface area contributed by atoms with Crippen LogP contribution in [0.5, 0.6) is 0 Å². The second-order valence-electron chi connectivity index (χ2n) is 1.74. The van der Waals surface area contributed by atoms with Gasteiger partial charge in [0, 0.05) is 5.56 Å². The highest BCUT2D eigenvalue weighted by molar-refractivity contribution is 5.32. The van der Waals surface area contributed by atoms with Crippen LogP contribution >= 0.6 is 0 Å². The van der Waals surface area contributed by atoms with Crippen LogP contribution < -0.4 is 0 Å². The van der Waals surface area contributed by atoms with Crippen LogP contribution in [0.15, 0.2) is 30.3 Å². The molecule has 16 heavy (non-hydrogen) atoms. The Morgan fingerprint density at radius 2 is 1.12 bits per heavy atom. The summed E-state index contributed by atoms with van der Waals surface area (Å²) in [5.41, 5.74) is 1.08. The fourth-order valence-electron chi connectivity index (χ4n) is 0.666. The highest BCUT2D eigenvalue weighted by Crippen LogP contribution is 1.93. The van der Waals surface area contributed by atoms with Crippen molar-refractivity contribution in [3.63, 3.8) is 0 Å². The molecule has 0 heterocycles. The van der Waals surface area contributed by atoms with Gasteiger partial charge in [-0.1, -0.05) is 73.1 Å². The highest BCUT2D eigenvalue weighted by Gasteiger charge is 1.77. The molecular weight excluding hydrogens is 192 g/mol. The minimum Gasteiger partial charge on any atom is -0.101 e. The number of hydrogen-bond donors (Lipinski definition) is 0. The first kappa shape index (κ1) is 24.2. The van der Waals surface area contributed by atoms with Crippen molar-refractivity contribution in [2.45, 2.75) is 55.9 Å². The van der Waals surface area contributed by atoms with Crippen LogP contribution in [0.2, 0.25) is 0 Å². The van der Waals surface area contributed by atoms with E-state index in [0.717, 1.165) is 5.56 Å². The van der Waals surface area contributed by atoms with E-state index in [9.17, 15) is 0 Å². The van der Waals surface area contributed by atoms with E-state index in [1.807, 2.05) is 78.8 Å². The average molecular weight is 222 g/mol. The van der Waals surface area contributed by atoms with Gasteiger partial charge in [0.05, 0.1) is 0 Å². The molecule has 94 valence electrons. The molecule has 1 rings (SSSR count). The van der Waals surface area contributed by atoms with Crippen LogP contribution in [-0.2, 0) is 0 Å². The summed E-state index contributed by atoms with van der Waals surface area (Å²) < 4.78 is 0. The lowest BCUT2D eigenvalue weighted by molar-refractivity contribution is 1.50. The summed E-state index contributed by atoms with van der Waals surface area (Å²) in [6.45, 7) is 13.8. The molecule has 0 aliphatic rings. The van der Waals surface area contributed by atoms with Gasteiger partial charge in [0.2, 0.25) is 0 Å². The average Bonchev–Trinajstić information content (AvgIpc) is 2.38. The summed E-state index contributed by atoms with van der Waals surface area (Å²) >= 11 is 0. The fourth-order valence-corrected chi connectivity index (χ4v) is 0.666. The molecule has 0 spiro atoms. The second kappa shape index (κ2) is 29.2. The Morgan fingerprint density at radius 3 is 1.44 bits per heavy atom. The monoisotopic (exact) mass is 222 g/mol. The Kier molecular flexibility index (Phi) is 44.1. The zero-order valence-corrected chi connectivity index (χ0v) is 11.4. The molecular formula is C16H30. The van der Waals surface area contributed by atoms with E-state index in [4.69, 9.17) is 0 Å². The van der Waals surface area contributed by atoms with Gasteiger partial charge in [0.1, 0.15) is 0 Å². The van der Waals surface area contributed by atoms with Gasteiger partial charge in [0.25, 0.3) is 0 Å². The van der Waals surface area contributed by atoms with Gasteiger partial charge in [-0.15, -0.1) is 5.92 Å². The van der Waals surface area contributed by atoms with E-state index in [1.54, 1.807) is 0 Å². The molecule has 1 aromatic carbocycles. The standard InChI is InChI=1S/C9H8.3C2H6.CH4/c1-2-6-9-7-4-3-5-8-9;3*1-2;/h3-5,7-8H,1H3;3*1-2H3;1H4. The molecule has 0 N–H and O–H groups in total. The molecule has 0 saturated carbocycles. The Bertz CT molecular complexity index is 223. The first-order valence-electron chi connectivity index (χ1n) is 5.91. The smallest absolute Gasteiger partial charge is 0.0245 e. The Hall–Kier alpha value is -1.22. The Balaban J connectivity index is -0.0000000900. The lowest BCUT2D eigenvalue weighted by atomic mass is 10.2. The maximum absolute atomic E-state index is 2.96. The van der Waals surface area contributed by atoms with Crippen molar-refractivity contribution in [2.24, 2.45) is 0 Å². The van der Waals surface area contributed by atoms with Crippen LogP contribution in [0.3, 0.4) is 0 Å². The minimum atomic E-state index is 0. The van der Waals surface area contributed by atoms with Crippen molar-refractivity contribution in [1.29, 1.82) is 0 Å². The number of hydrogen-bond acceptors (Lipinski definition) is 0. The largest absolute Gasteiger partial charge is 0.101 e. The summed E-state index contributed by atoms with van der Waals surface area (Å²) in [7, 11) is 0. The molecule has 0 aliphatic heterocycles. The van der Waals surface area contributed by atoms with Crippen molar-refractivity contribution in [3.05, 3.63) is 35.9 Å². The van der Waals surface area contributed by atoms with Crippen LogP contribution in [0.1, 0.15) is 61.5 Å². The van der Waals surface area contributed by atoms with Crippen LogP contribution in [0.4, 0.5) is 0 Å². The second-order valence-corrected chi connectivity index (χ2v) is 1.74. The molecule has 0 radical (unpaired) electrons. The normalized spacial score (nSPS) is 5.44. The predicted octanol–water partition coefficient (Wildman–Crippen LogP) is 5.77. The molecule has 0 saturated heterocycles. The third-order valence-corrected chi connectivity index (χ3v) is 1.04. The van der Waals surface area contributed by atoms with Gasteiger partial charge in [0.15, 0.2) is 0 Å². The van der Waals surface area contributed by atoms with Crippen LogP contribution in [-0.4, -0.2) is 0 Å². The molecule has 0 fully saturated rings. The molecule has 0 bridgehead atoms. The van der Waals surface area contributed by atoms with Crippen molar-refractivity contribution in [2.75, 3.05) is 0 Å². The van der Waals surface area contributed by atoms with E-state index >= 15 is 0 Å². The fraction of sp³-hybridized carbons (Fsp3) is 0.500. The Labute approximate surface area is 104 Å². The Morgan fingerprint density at radius 1 is 0.750 bits per heavy atom. The summed E-state index contributed by atoms with van der Waals surface area (Å²) in [6, 6.07) is 9.95. The highest BCUT2D eigenvalue weighted by atomic mass is 13.8. The SMILES string of the molecule is C.CC.CC.CC.CC#Cc1ccccc1. The summed E-state index contributed by atoms with van der Waals surface area (Å²) in [5, 5.41) is 0. The zero-order valence-electron chi connectivity index (χ0n) is 11.4. The molecule has 1 aromatic rings. The van der Waals surface area contributed by atoms with Crippen molar-refractivity contribution in [1.82, 2.24) is 0 Å². The van der Waals surface area contributed by atoms with Crippen molar-refractivity contribution < 1.29 is 0 Å². The van der Waals surface area contributed by atoms with Gasteiger partial charge in [-0.3, -0.25) is 0 Å². The van der Waals surface area contributed by atoms with Crippen LogP contribution in [0, 0.1) is 11.8 Å². The maximum Gasteiger partial charge on any atom is 0.0245 e. The van der Waals surface area contributed by atoms with E-state index in [0.29, 0.717) is 0 Å². The van der Waals surface area contributed by atoms with E-state index in [2.05, 4.69) is 11.8 Å². The summed E-state index contributed by atoms with van der Waals surface area (Å²) in [6.07, 6.45) is 0. The van der Waals surface area contributed by atoms with E-state index in [1.165, 1.54) is 0 Å². The molecule has 0 nitrogen and oxygen atoms in total. The molecule has 0 aliphatic carbocycles. The van der Waals surface area contributed by atoms with Gasteiger partial charge < -0.3 is 0 Å². The van der Waals surface area contributed by atoms with Crippen molar-refractivity contribution in [3.8, 4) is 11.8 Å². The quantitative estimate of drug-likeness (QED) is 0.489. The van der Waals surface area contributed by atoms with Gasteiger partial charge in [-0.05, 0) is 19.1 Å². The van der Waals surface area contributed by atoms with Gasteiger partial charge in [-0.2, -0.15) is 0 Å². The maximum atomic E-state index is 2.96. The summed E-state index contributed by atoms with van der Waals surface area (Å²) in [5.74, 6) is 5.79. The molecule has 0 atom stereocenters. The lowest BCUT2D eigenvalue weighted by Crippen LogP contribution is -1.67. The first-order valence-corrected chi connectivity index (χ1v) is 5.91. The third-order valence-electron chi connectivity index (χ3n) is 1.04. The summed E-state index contributed by atoms with van der Waals surface area (Å²) in [4.78, 5) is 0. The van der Waals surface area contributed by atoms with Gasteiger partial charge in [-0.25, -0.2) is 0 Å². The molecule has 0 heteroatoms. The molecule has 0 unspecified atom stereocenters. The topological polar surface area (TPSA) is 0 Å². The molecule has 0 aromatic heterocycles. The van der Waals surface area contributed by atoms with Crippen LogP contribution in [0.25, 0.3) is 0 Å². The van der Waals surface area contributed by atoms with Gasteiger partial charge >= 0.3 is 0 Å². The number of benzene rings is 1. The minimum absolute atomic E-state index is 0. The lowest BCUT2D eigenvalue weighted by Gasteiger charge is -1.83. The molecule has 0 amide bonds. The van der Waals surface area contributed by atoms with E-state index in [-0.39, 0.29) is 7.43 Å². The number of rotatable bonds is 0. The first-order chi connectivity index (χ1) is 7.43.